The minimum absolute atomic E-state index is 0.0557. The maximum absolute atomic E-state index is 9.77. The van der Waals surface area contributed by atoms with Gasteiger partial charge in [0.2, 0.25) is 5.75 Å². The van der Waals surface area contributed by atoms with E-state index < -0.39 is 0 Å². The van der Waals surface area contributed by atoms with Crippen molar-refractivity contribution in [3.8, 4) is 28.7 Å². The molecule has 0 aromatic heterocycles. The van der Waals surface area contributed by atoms with E-state index in [0.717, 1.165) is 5.56 Å². The van der Waals surface area contributed by atoms with E-state index in [1.54, 1.807) is 26.4 Å². The quantitative estimate of drug-likeness (QED) is 0.829. The van der Waals surface area contributed by atoms with Crippen LogP contribution in [0.2, 0.25) is 0 Å². The second kappa shape index (κ2) is 6.76. The number of benzene rings is 2. The summed E-state index contributed by atoms with van der Waals surface area (Å²) in [5.41, 5.74) is 1.50. The van der Waals surface area contributed by atoms with Crippen molar-refractivity contribution in [3.63, 3.8) is 0 Å². The fourth-order valence-electron chi connectivity index (χ4n) is 2.04. The van der Waals surface area contributed by atoms with Gasteiger partial charge in [0.05, 0.1) is 21.3 Å². The molecular weight excluding hydrogens is 284 g/mol. The summed E-state index contributed by atoms with van der Waals surface area (Å²) in [6, 6.07) is 8.49. The first kappa shape index (κ1) is 15.6. The molecule has 0 saturated carbocycles. The molecule has 0 saturated heterocycles. The van der Waals surface area contributed by atoms with Crippen molar-refractivity contribution in [1.82, 2.24) is 0 Å². The molecule has 116 valence electrons. The number of hydrogen-bond donors (Lipinski definition) is 2. The molecule has 5 nitrogen and oxygen atoms in total. The Morgan fingerprint density at radius 2 is 1.14 bits per heavy atom. The zero-order chi connectivity index (χ0) is 16.1. The highest BCUT2D eigenvalue weighted by atomic mass is 16.5. The molecule has 0 spiro atoms. The first-order valence-electron chi connectivity index (χ1n) is 6.58. The molecule has 0 unspecified atom stereocenters. The number of methoxy groups -OCH3 is 3. The summed E-state index contributed by atoms with van der Waals surface area (Å²) >= 11 is 0. The predicted octanol–water partition coefficient (Wildman–Crippen LogP) is 3.29. The SMILES string of the molecule is COc1cc(/C=C/c2cc(O)c(OC)c(O)c2)cc(OC)c1. The lowest BCUT2D eigenvalue weighted by molar-refractivity contribution is 0.344. The maximum Gasteiger partial charge on any atom is 0.202 e. The van der Waals surface area contributed by atoms with Crippen LogP contribution in [-0.4, -0.2) is 31.5 Å². The van der Waals surface area contributed by atoms with E-state index in [1.807, 2.05) is 18.2 Å². The predicted molar refractivity (Wildman–Crippen MR) is 84.8 cm³/mol. The average Bonchev–Trinajstić information content (AvgIpc) is 2.52. The van der Waals surface area contributed by atoms with E-state index in [9.17, 15) is 10.2 Å². The van der Waals surface area contributed by atoms with Crippen molar-refractivity contribution in [2.75, 3.05) is 21.3 Å². The molecule has 0 amide bonds. The van der Waals surface area contributed by atoms with Crippen molar-refractivity contribution >= 4 is 12.2 Å². The fourth-order valence-corrected chi connectivity index (χ4v) is 2.04. The van der Waals surface area contributed by atoms with Crippen molar-refractivity contribution in [2.45, 2.75) is 0 Å². The summed E-state index contributed by atoms with van der Waals surface area (Å²) in [4.78, 5) is 0. The monoisotopic (exact) mass is 302 g/mol. The molecule has 0 aliphatic rings. The number of aromatic hydroxyl groups is 2. The van der Waals surface area contributed by atoms with Crippen molar-refractivity contribution in [3.05, 3.63) is 41.5 Å². The third kappa shape index (κ3) is 3.44. The molecule has 2 aromatic rings. The molecule has 0 bridgehead atoms. The summed E-state index contributed by atoms with van der Waals surface area (Å²) in [5, 5.41) is 19.5. The van der Waals surface area contributed by atoms with Crippen molar-refractivity contribution in [2.24, 2.45) is 0 Å². The Balaban J connectivity index is 2.32. The van der Waals surface area contributed by atoms with Gasteiger partial charge >= 0.3 is 0 Å². The van der Waals surface area contributed by atoms with E-state index in [0.29, 0.717) is 17.1 Å². The van der Waals surface area contributed by atoms with Crippen molar-refractivity contribution < 1.29 is 24.4 Å². The molecule has 2 rings (SSSR count). The first-order chi connectivity index (χ1) is 10.6. The van der Waals surface area contributed by atoms with Gasteiger partial charge < -0.3 is 24.4 Å². The van der Waals surface area contributed by atoms with Crippen LogP contribution in [0.4, 0.5) is 0 Å². The van der Waals surface area contributed by atoms with Gasteiger partial charge in [0.1, 0.15) is 11.5 Å². The Bertz CT molecular complexity index is 646. The molecule has 0 aliphatic heterocycles. The normalized spacial score (nSPS) is 10.7. The Morgan fingerprint density at radius 1 is 0.682 bits per heavy atom. The number of hydrogen-bond acceptors (Lipinski definition) is 5. The lowest BCUT2D eigenvalue weighted by Gasteiger charge is -2.07. The molecule has 0 radical (unpaired) electrons. The second-order valence-corrected chi connectivity index (χ2v) is 4.57. The Morgan fingerprint density at radius 3 is 1.55 bits per heavy atom. The van der Waals surface area contributed by atoms with Gasteiger partial charge in [-0.05, 0) is 35.4 Å². The number of phenolic OH excluding ortho intramolecular Hbond substituents is 2. The summed E-state index contributed by atoms with van der Waals surface area (Å²) < 4.78 is 15.3. The molecule has 2 N–H and O–H groups in total. The number of rotatable bonds is 5. The topological polar surface area (TPSA) is 68.2 Å². The minimum atomic E-state index is -0.120. The maximum atomic E-state index is 9.77. The highest BCUT2D eigenvalue weighted by Gasteiger charge is 2.08. The summed E-state index contributed by atoms with van der Waals surface area (Å²) in [6.07, 6.45) is 3.58. The van der Waals surface area contributed by atoms with Crippen LogP contribution >= 0.6 is 0 Å². The standard InChI is InChI=1S/C17H18O5/c1-20-13-6-11(7-14(10-13)21-2)4-5-12-8-15(18)17(22-3)16(19)9-12/h4-10,18-19H,1-3H3/b5-4+. The Kier molecular flexibility index (Phi) is 4.78. The third-order valence-corrected chi connectivity index (χ3v) is 3.12. The van der Waals surface area contributed by atoms with Crippen LogP contribution in [0, 0.1) is 0 Å². The summed E-state index contributed by atoms with van der Waals surface area (Å²) in [7, 11) is 4.55. The van der Waals surface area contributed by atoms with Gasteiger partial charge in [-0.3, -0.25) is 0 Å². The summed E-state index contributed by atoms with van der Waals surface area (Å²) in [6.45, 7) is 0. The average molecular weight is 302 g/mol. The zero-order valence-electron chi connectivity index (χ0n) is 12.7. The van der Waals surface area contributed by atoms with Gasteiger partial charge in [-0.1, -0.05) is 12.2 Å². The minimum Gasteiger partial charge on any atom is -0.504 e. The molecule has 2 aromatic carbocycles. The van der Waals surface area contributed by atoms with Crippen LogP contribution in [0.3, 0.4) is 0 Å². The van der Waals surface area contributed by atoms with E-state index in [4.69, 9.17) is 14.2 Å². The van der Waals surface area contributed by atoms with Crippen LogP contribution < -0.4 is 14.2 Å². The van der Waals surface area contributed by atoms with E-state index in [-0.39, 0.29) is 17.2 Å². The van der Waals surface area contributed by atoms with Gasteiger partial charge in [0.15, 0.2) is 11.5 Å². The van der Waals surface area contributed by atoms with Crippen LogP contribution in [-0.2, 0) is 0 Å². The van der Waals surface area contributed by atoms with Gasteiger partial charge in [-0.2, -0.15) is 0 Å². The highest BCUT2D eigenvalue weighted by molar-refractivity contribution is 5.73. The van der Waals surface area contributed by atoms with E-state index in [1.165, 1.54) is 19.2 Å². The number of phenols is 2. The third-order valence-electron chi connectivity index (χ3n) is 3.12. The zero-order valence-corrected chi connectivity index (χ0v) is 12.7. The summed E-state index contributed by atoms with van der Waals surface area (Å²) in [5.74, 6) is 1.18. The molecule has 0 aliphatic carbocycles. The highest BCUT2D eigenvalue weighted by Crippen LogP contribution is 2.37. The number of ether oxygens (including phenoxy) is 3. The molecule has 0 heterocycles. The fraction of sp³-hybridized carbons (Fsp3) is 0.176. The Hall–Kier alpha value is -2.82. The lowest BCUT2D eigenvalue weighted by atomic mass is 10.1. The van der Waals surface area contributed by atoms with Crippen molar-refractivity contribution in [1.29, 1.82) is 0 Å². The van der Waals surface area contributed by atoms with Crippen LogP contribution in [0.1, 0.15) is 11.1 Å². The van der Waals surface area contributed by atoms with Gasteiger partial charge in [-0.15, -0.1) is 0 Å². The van der Waals surface area contributed by atoms with Gasteiger partial charge in [0.25, 0.3) is 0 Å². The molecular formula is C17H18O5. The Labute approximate surface area is 129 Å². The largest absolute Gasteiger partial charge is 0.504 e. The van der Waals surface area contributed by atoms with E-state index >= 15 is 0 Å². The molecule has 0 atom stereocenters. The molecule has 0 fully saturated rings. The van der Waals surface area contributed by atoms with Crippen LogP contribution in [0.25, 0.3) is 12.2 Å². The second-order valence-electron chi connectivity index (χ2n) is 4.57. The van der Waals surface area contributed by atoms with Gasteiger partial charge in [0, 0.05) is 6.07 Å². The van der Waals surface area contributed by atoms with Crippen LogP contribution in [0.15, 0.2) is 30.3 Å². The lowest BCUT2D eigenvalue weighted by Crippen LogP contribution is -1.88. The van der Waals surface area contributed by atoms with E-state index in [2.05, 4.69) is 0 Å². The molecule has 5 heteroatoms. The smallest absolute Gasteiger partial charge is 0.202 e. The first-order valence-corrected chi connectivity index (χ1v) is 6.58. The van der Waals surface area contributed by atoms with Crippen LogP contribution in [0.5, 0.6) is 28.7 Å². The van der Waals surface area contributed by atoms with Gasteiger partial charge in [-0.25, -0.2) is 0 Å². The molecule has 22 heavy (non-hydrogen) atoms.